The molecule has 0 radical (unpaired) electrons. The minimum Gasteiger partial charge on any atom is -0.497 e. The highest BCUT2D eigenvalue weighted by Gasteiger charge is 2.45. The second-order valence-corrected chi connectivity index (χ2v) is 9.13. The Hall–Kier alpha value is -1.97. The summed E-state index contributed by atoms with van der Waals surface area (Å²) >= 11 is 0. The predicted octanol–water partition coefficient (Wildman–Crippen LogP) is 4.71. The number of piperidine rings is 1. The van der Waals surface area contributed by atoms with Gasteiger partial charge in [-0.2, -0.15) is 0 Å². The summed E-state index contributed by atoms with van der Waals surface area (Å²) < 4.78 is 5.39. The summed E-state index contributed by atoms with van der Waals surface area (Å²) in [6, 6.07) is 6.61. The van der Waals surface area contributed by atoms with Crippen LogP contribution in [0.5, 0.6) is 5.75 Å². The molecular formula is C23H30N2O2. The van der Waals surface area contributed by atoms with E-state index in [1.807, 2.05) is 6.07 Å². The molecule has 144 valence electrons. The number of amides is 1. The number of carbonyl (C=O) groups excluding carboxylic acids is 1. The summed E-state index contributed by atoms with van der Waals surface area (Å²) in [5.74, 6) is 3.95. The van der Waals surface area contributed by atoms with Gasteiger partial charge in [0.1, 0.15) is 5.75 Å². The average molecular weight is 367 g/mol. The van der Waals surface area contributed by atoms with Gasteiger partial charge in [-0.15, -0.1) is 0 Å². The topological polar surface area (TPSA) is 45.3 Å². The molecule has 2 heterocycles. The first-order chi connectivity index (χ1) is 13.1. The number of fused-ring (bicyclic) bond motifs is 3. The van der Waals surface area contributed by atoms with E-state index in [1.165, 1.54) is 43.1 Å². The van der Waals surface area contributed by atoms with E-state index in [2.05, 4.69) is 35.1 Å². The number of carbonyl (C=O) groups is 1. The molecule has 5 rings (SSSR count). The lowest BCUT2D eigenvalue weighted by molar-refractivity contribution is -0.142. The fourth-order valence-electron chi connectivity index (χ4n) is 6.10. The van der Waals surface area contributed by atoms with E-state index >= 15 is 0 Å². The van der Waals surface area contributed by atoms with Crippen molar-refractivity contribution in [2.75, 3.05) is 13.7 Å². The first-order valence-electron chi connectivity index (χ1n) is 10.6. The number of ether oxygens (including phenoxy) is 1. The number of nitrogens with zero attached hydrogens (tertiary/aromatic N) is 1. The zero-order chi connectivity index (χ0) is 18.5. The van der Waals surface area contributed by atoms with Crippen molar-refractivity contribution in [2.45, 2.75) is 57.4 Å². The van der Waals surface area contributed by atoms with Crippen LogP contribution in [0.1, 0.15) is 56.9 Å². The van der Waals surface area contributed by atoms with Crippen LogP contribution in [-0.2, 0) is 4.79 Å². The Labute approximate surface area is 161 Å². The average Bonchev–Trinajstić information content (AvgIpc) is 3.09. The van der Waals surface area contributed by atoms with E-state index in [1.54, 1.807) is 7.11 Å². The maximum atomic E-state index is 13.2. The van der Waals surface area contributed by atoms with Crippen LogP contribution in [0.3, 0.4) is 0 Å². The fourth-order valence-corrected chi connectivity index (χ4v) is 6.10. The molecule has 3 bridgehead atoms. The molecule has 3 fully saturated rings. The largest absolute Gasteiger partial charge is 0.497 e. The lowest BCUT2D eigenvalue weighted by atomic mass is 9.62. The third-order valence-corrected chi connectivity index (χ3v) is 7.55. The number of methoxy groups -OCH3 is 1. The summed E-state index contributed by atoms with van der Waals surface area (Å²) in [6.45, 7) is 3.19. The molecule has 1 aromatic heterocycles. The van der Waals surface area contributed by atoms with E-state index in [-0.39, 0.29) is 5.92 Å². The molecule has 1 saturated heterocycles. The van der Waals surface area contributed by atoms with Crippen LogP contribution in [-0.4, -0.2) is 35.5 Å². The van der Waals surface area contributed by atoms with Crippen molar-refractivity contribution in [3.05, 3.63) is 30.0 Å². The van der Waals surface area contributed by atoms with E-state index < -0.39 is 0 Å². The SMILES string of the molecule is COc1ccc2[nH]cc(C(C)CC(=O)N3CC4CCC5CC4CC3C5)c2c1. The molecule has 5 atom stereocenters. The second-order valence-electron chi connectivity index (χ2n) is 9.13. The zero-order valence-electron chi connectivity index (χ0n) is 16.4. The summed E-state index contributed by atoms with van der Waals surface area (Å²) in [5.41, 5.74) is 2.33. The van der Waals surface area contributed by atoms with Crippen LogP contribution in [0.25, 0.3) is 10.9 Å². The number of aromatic nitrogens is 1. The Bertz CT molecular complexity index is 855. The standard InChI is InChI=1S/C23H30N2O2/c1-14(21-12-24-22-6-5-19(27-2)11-20(21)22)7-23(26)25-13-16-4-3-15-8-17(16)10-18(25)9-15/h5-6,11-12,14-18,24H,3-4,7-10,13H2,1-2H3. The quantitative estimate of drug-likeness (QED) is 0.852. The van der Waals surface area contributed by atoms with Gasteiger partial charge in [0.2, 0.25) is 5.91 Å². The number of hydrogen-bond donors (Lipinski definition) is 1. The van der Waals surface area contributed by atoms with Crippen molar-refractivity contribution in [3.63, 3.8) is 0 Å². The third kappa shape index (κ3) is 2.94. The van der Waals surface area contributed by atoms with Crippen molar-refractivity contribution in [3.8, 4) is 5.75 Å². The minimum absolute atomic E-state index is 0.205. The van der Waals surface area contributed by atoms with E-state index in [0.29, 0.717) is 18.4 Å². The van der Waals surface area contributed by atoms with Gasteiger partial charge >= 0.3 is 0 Å². The number of H-pyrrole nitrogens is 1. The Morgan fingerprint density at radius 3 is 3.00 bits per heavy atom. The van der Waals surface area contributed by atoms with Crippen molar-refractivity contribution in [1.29, 1.82) is 0 Å². The molecule has 5 unspecified atom stereocenters. The molecule has 0 spiro atoms. The van der Waals surface area contributed by atoms with E-state index in [9.17, 15) is 4.79 Å². The molecule has 4 heteroatoms. The van der Waals surface area contributed by atoms with Gasteiger partial charge in [-0.1, -0.05) is 13.3 Å². The smallest absolute Gasteiger partial charge is 0.223 e. The number of benzene rings is 1. The number of likely N-dealkylation sites (tertiary alicyclic amines) is 1. The lowest BCUT2D eigenvalue weighted by Crippen LogP contribution is -2.55. The van der Waals surface area contributed by atoms with Crippen LogP contribution < -0.4 is 4.74 Å². The van der Waals surface area contributed by atoms with Gasteiger partial charge in [0.15, 0.2) is 0 Å². The summed E-state index contributed by atoms with van der Waals surface area (Å²) in [5, 5.41) is 1.17. The Morgan fingerprint density at radius 2 is 2.15 bits per heavy atom. The van der Waals surface area contributed by atoms with Gasteiger partial charge in [-0.25, -0.2) is 0 Å². The molecule has 1 amide bonds. The Balaban J connectivity index is 1.34. The molecule has 2 saturated carbocycles. The van der Waals surface area contributed by atoms with Crippen molar-refractivity contribution < 1.29 is 9.53 Å². The number of nitrogens with one attached hydrogen (secondary N) is 1. The first kappa shape index (κ1) is 17.2. The fraction of sp³-hybridized carbons (Fsp3) is 0.609. The number of rotatable bonds is 4. The summed E-state index contributed by atoms with van der Waals surface area (Å²) in [7, 11) is 1.70. The minimum atomic E-state index is 0.205. The van der Waals surface area contributed by atoms with Crippen LogP contribution in [0.4, 0.5) is 0 Å². The second kappa shape index (κ2) is 6.57. The molecule has 2 aliphatic carbocycles. The highest BCUT2D eigenvalue weighted by Crippen LogP contribution is 2.48. The Kier molecular flexibility index (Phi) is 4.18. The number of aromatic amines is 1. The van der Waals surface area contributed by atoms with Gasteiger partial charge in [-0.3, -0.25) is 4.79 Å². The Morgan fingerprint density at radius 1 is 1.26 bits per heavy atom. The van der Waals surface area contributed by atoms with Crippen molar-refractivity contribution >= 4 is 16.8 Å². The number of hydrogen-bond acceptors (Lipinski definition) is 2. The highest BCUT2D eigenvalue weighted by molar-refractivity contribution is 5.86. The van der Waals surface area contributed by atoms with Gasteiger partial charge in [0.05, 0.1) is 7.11 Å². The maximum Gasteiger partial charge on any atom is 0.223 e. The lowest BCUT2D eigenvalue weighted by Gasteiger charge is -2.53. The zero-order valence-corrected chi connectivity index (χ0v) is 16.4. The van der Waals surface area contributed by atoms with Gasteiger partial charge in [0.25, 0.3) is 0 Å². The monoisotopic (exact) mass is 366 g/mol. The molecule has 2 aromatic rings. The summed E-state index contributed by atoms with van der Waals surface area (Å²) in [6.07, 6.45) is 9.33. The molecular weight excluding hydrogens is 336 g/mol. The maximum absolute atomic E-state index is 13.2. The van der Waals surface area contributed by atoms with Crippen molar-refractivity contribution in [2.24, 2.45) is 17.8 Å². The molecule has 1 aliphatic heterocycles. The van der Waals surface area contributed by atoms with Crippen molar-refractivity contribution in [1.82, 2.24) is 9.88 Å². The summed E-state index contributed by atoms with van der Waals surface area (Å²) in [4.78, 5) is 18.8. The highest BCUT2D eigenvalue weighted by atomic mass is 16.5. The van der Waals surface area contributed by atoms with Crippen LogP contribution in [0, 0.1) is 17.8 Å². The van der Waals surface area contributed by atoms with Gasteiger partial charge in [0, 0.05) is 36.1 Å². The molecule has 3 aliphatic rings. The van der Waals surface area contributed by atoms with E-state index in [0.717, 1.165) is 35.6 Å². The van der Waals surface area contributed by atoms with Crippen LogP contribution in [0.2, 0.25) is 0 Å². The molecule has 1 N–H and O–H groups in total. The van der Waals surface area contributed by atoms with Crippen LogP contribution >= 0.6 is 0 Å². The third-order valence-electron chi connectivity index (χ3n) is 7.55. The predicted molar refractivity (Wildman–Crippen MR) is 107 cm³/mol. The van der Waals surface area contributed by atoms with Gasteiger partial charge in [-0.05, 0) is 73.1 Å². The van der Waals surface area contributed by atoms with Gasteiger partial charge < -0.3 is 14.6 Å². The molecule has 1 aromatic carbocycles. The van der Waals surface area contributed by atoms with E-state index in [4.69, 9.17) is 4.74 Å². The normalized spacial score (nSPS) is 30.5. The molecule has 4 nitrogen and oxygen atoms in total. The first-order valence-corrected chi connectivity index (χ1v) is 10.6. The molecule has 27 heavy (non-hydrogen) atoms. The van der Waals surface area contributed by atoms with Crippen LogP contribution in [0.15, 0.2) is 24.4 Å².